The SMILES string of the molecule is O=S(=O)(c1cccc(O)c1)N1CCCCCC1. The molecule has 1 aliphatic rings. The maximum absolute atomic E-state index is 12.3. The van der Waals surface area contributed by atoms with Crippen molar-refractivity contribution in [2.24, 2.45) is 0 Å². The molecule has 1 N–H and O–H groups in total. The summed E-state index contributed by atoms with van der Waals surface area (Å²) in [6.45, 7) is 1.16. The van der Waals surface area contributed by atoms with Crippen molar-refractivity contribution in [3.8, 4) is 5.75 Å². The van der Waals surface area contributed by atoms with E-state index in [1.54, 1.807) is 6.07 Å². The van der Waals surface area contributed by atoms with Crippen LogP contribution in [0.3, 0.4) is 0 Å². The van der Waals surface area contributed by atoms with Crippen LogP contribution < -0.4 is 0 Å². The molecule has 2 rings (SSSR count). The lowest BCUT2D eigenvalue weighted by Crippen LogP contribution is -2.31. The van der Waals surface area contributed by atoms with Crippen LogP contribution >= 0.6 is 0 Å². The van der Waals surface area contributed by atoms with Gasteiger partial charge in [0.1, 0.15) is 5.75 Å². The summed E-state index contributed by atoms with van der Waals surface area (Å²) >= 11 is 0. The standard InChI is InChI=1S/C12H17NO3S/c14-11-6-5-7-12(10-11)17(15,16)13-8-3-1-2-4-9-13/h5-7,10,14H,1-4,8-9H2. The average molecular weight is 255 g/mol. The van der Waals surface area contributed by atoms with Gasteiger partial charge in [-0.2, -0.15) is 4.31 Å². The first kappa shape index (κ1) is 12.4. The number of aromatic hydroxyl groups is 1. The lowest BCUT2D eigenvalue weighted by atomic mass is 10.2. The Morgan fingerprint density at radius 1 is 1.06 bits per heavy atom. The van der Waals surface area contributed by atoms with Crippen LogP contribution in [0.25, 0.3) is 0 Å². The fraction of sp³-hybridized carbons (Fsp3) is 0.500. The van der Waals surface area contributed by atoms with Crippen molar-refractivity contribution in [3.05, 3.63) is 24.3 Å². The number of hydrogen-bond donors (Lipinski definition) is 1. The van der Waals surface area contributed by atoms with Crippen molar-refractivity contribution in [2.45, 2.75) is 30.6 Å². The van der Waals surface area contributed by atoms with Gasteiger partial charge in [-0.3, -0.25) is 0 Å². The number of hydrogen-bond acceptors (Lipinski definition) is 3. The van der Waals surface area contributed by atoms with Crippen LogP contribution in [0.2, 0.25) is 0 Å². The highest BCUT2D eigenvalue weighted by Crippen LogP contribution is 2.22. The van der Waals surface area contributed by atoms with Gasteiger partial charge in [0.05, 0.1) is 4.90 Å². The molecule has 1 heterocycles. The van der Waals surface area contributed by atoms with Crippen molar-refractivity contribution in [3.63, 3.8) is 0 Å². The molecule has 94 valence electrons. The fourth-order valence-corrected chi connectivity index (χ4v) is 3.63. The van der Waals surface area contributed by atoms with Crippen LogP contribution in [0, 0.1) is 0 Å². The topological polar surface area (TPSA) is 57.6 Å². The van der Waals surface area contributed by atoms with Gasteiger partial charge in [-0.25, -0.2) is 8.42 Å². The van der Waals surface area contributed by atoms with Gasteiger partial charge in [0.25, 0.3) is 0 Å². The third-order valence-electron chi connectivity index (χ3n) is 3.02. The predicted octanol–water partition coefficient (Wildman–Crippen LogP) is 1.96. The number of sulfonamides is 1. The summed E-state index contributed by atoms with van der Waals surface area (Å²) < 4.78 is 26.1. The molecule has 17 heavy (non-hydrogen) atoms. The van der Waals surface area contributed by atoms with Gasteiger partial charge in [-0.15, -0.1) is 0 Å². The zero-order chi connectivity index (χ0) is 12.3. The minimum absolute atomic E-state index is 0.0131. The minimum Gasteiger partial charge on any atom is -0.508 e. The molecule has 0 unspecified atom stereocenters. The number of phenolic OH excluding ortho intramolecular Hbond substituents is 1. The van der Waals surface area contributed by atoms with Crippen LogP contribution in [-0.2, 0) is 10.0 Å². The van der Waals surface area contributed by atoms with E-state index in [9.17, 15) is 13.5 Å². The first-order valence-corrected chi connectivity index (χ1v) is 7.34. The Bertz CT molecular complexity index is 476. The maximum Gasteiger partial charge on any atom is 0.243 e. The molecule has 0 saturated carbocycles. The van der Waals surface area contributed by atoms with Gasteiger partial charge < -0.3 is 5.11 Å². The summed E-state index contributed by atoms with van der Waals surface area (Å²) in [5, 5.41) is 9.35. The predicted molar refractivity (Wildman–Crippen MR) is 65.3 cm³/mol. The maximum atomic E-state index is 12.3. The second-order valence-corrected chi connectivity index (χ2v) is 6.25. The van der Waals surface area contributed by atoms with E-state index in [1.807, 2.05) is 0 Å². The van der Waals surface area contributed by atoms with Crippen molar-refractivity contribution in [1.82, 2.24) is 4.31 Å². The van der Waals surface area contributed by atoms with Crippen molar-refractivity contribution < 1.29 is 13.5 Å². The molecule has 1 aliphatic heterocycles. The monoisotopic (exact) mass is 255 g/mol. The number of benzene rings is 1. The first-order chi connectivity index (χ1) is 8.10. The summed E-state index contributed by atoms with van der Waals surface area (Å²) in [5.74, 6) is -0.0131. The molecule has 0 aromatic heterocycles. The van der Waals surface area contributed by atoms with Gasteiger partial charge in [0, 0.05) is 13.1 Å². The quantitative estimate of drug-likeness (QED) is 0.878. The molecule has 1 aromatic rings. The Balaban J connectivity index is 2.28. The Morgan fingerprint density at radius 3 is 2.29 bits per heavy atom. The molecule has 0 radical (unpaired) electrons. The molecule has 0 bridgehead atoms. The molecule has 0 aliphatic carbocycles. The Morgan fingerprint density at radius 2 is 1.71 bits per heavy atom. The van der Waals surface area contributed by atoms with E-state index in [4.69, 9.17) is 0 Å². The number of rotatable bonds is 2. The normalized spacial score (nSPS) is 18.8. The van der Waals surface area contributed by atoms with E-state index in [1.165, 1.54) is 22.5 Å². The summed E-state index contributed by atoms with van der Waals surface area (Å²) in [6.07, 6.45) is 4.01. The smallest absolute Gasteiger partial charge is 0.243 e. The zero-order valence-corrected chi connectivity index (χ0v) is 10.5. The third-order valence-corrected chi connectivity index (χ3v) is 4.92. The molecule has 0 amide bonds. The molecule has 1 aromatic carbocycles. The van der Waals surface area contributed by atoms with E-state index in [0.717, 1.165) is 25.7 Å². The van der Waals surface area contributed by atoms with Crippen molar-refractivity contribution in [1.29, 1.82) is 0 Å². The van der Waals surface area contributed by atoms with Crippen LogP contribution in [0.15, 0.2) is 29.2 Å². The minimum atomic E-state index is -3.43. The highest BCUT2D eigenvalue weighted by Gasteiger charge is 2.25. The van der Waals surface area contributed by atoms with Crippen molar-refractivity contribution in [2.75, 3.05) is 13.1 Å². The van der Waals surface area contributed by atoms with Crippen LogP contribution in [0.5, 0.6) is 5.75 Å². The summed E-state index contributed by atoms with van der Waals surface area (Å²) in [5.41, 5.74) is 0. The first-order valence-electron chi connectivity index (χ1n) is 5.90. The lowest BCUT2D eigenvalue weighted by Gasteiger charge is -2.19. The number of phenols is 1. The lowest BCUT2D eigenvalue weighted by molar-refractivity contribution is 0.422. The molecule has 1 fully saturated rings. The summed E-state index contributed by atoms with van der Waals surface area (Å²) in [6, 6.07) is 5.86. The molecule has 4 nitrogen and oxygen atoms in total. The average Bonchev–Trinajstić information content (AvgIpc) is 2.58. The van der Waals surface area contributed by atoms with Gasteiger partial charge in [-0.05, 0) is 31.0 Å². The van der Waals surface area contributed by atoms with Gasteiger partial charge in [0.15, 0.2) is 0 Å². The van der Waals surface area contributed by atoms with Crippen LogP contribution in [0.1, 0.15) is 25.7 Å². The highest BCUT2D eigenvalue weighted by atomic mass is 32.2. The molecular formula is C12H17NO3S. The van der Waals surface area contributed by atoms with Gasteiger partial charge in [-0.1, -0.05) is 18.9 Å². The Hall–Kier alpha value is -1.07. The molecule has 0 spiro atoms. The third kappa shape index (κ3) is 2.79. The summed E-state index contributed by atoms with van der Waals surface area (Å²) in [4.78, 5) is 0.180. The van der Waals surface area contributed by atoms with Crippen molar-refractivity contribution >= 4 is 10.0 Å². The Kier molecular flexibility index (Phi) is 3.69. The zero-order valence-electron chi connectivity index (χ0n) is 9.67. The summed E-state index contributed by atoms with van der Waals surface area (Å²) in [7, 11) is -3.43. The van der Waals surface area contributed by atoms with E-state index < -0.39 is 10.0 Å². The Labute approximate surface area is 102 Å². The second-order valence-electron chi connectivity index (χ2n) is 4.32. The van der Waals surface area contributed by atoms with E-state index in [-0.39, 0.29) is 10.6 Å². The fourth-order valence-electron chi connectivity index (χ4n) is 2.08. The highest BCUT2D eigenvalue weighted by molar-refractivity contribution is 7.89. The van der Waals surface area contributed by atoms with Crippen LogP contribution in [0.4, 0.5) is 0 Å². The van der Waals surface area contributed by atoms with Crippen LogP contribution in [-0.4, -0.2) is 30.9 Å². The molecule has 1 saturated heterocycles. The molecular weight excluding hydrogens is 238 g/mol. The van der Waals surface area contributed by atoms with E-state index in [0.29, 0.717) is 13.1 Å². The molecule has 5 heteroatoms. The second kappa shape index (κ2) is 5.06. The van der Waals surface area contributed by atoms with E-state index in [2.05, 4.69) is 0 Å². The van der Waals surface area contributed by atoms with Gasteiger partial charge in [0.2, 0.25) is 10.0 Å². The largest absolute Gasteiger partial charge is 0.508 e. The number of nitrogens with zero attached hydrogens (tertiary/aromatic N) is 1. The van der Waals surface area contributed by atoms with E-state index >= 15 is 0 Å². The molecule has 0 atom stereocenters. The van der Waals surface area contributed by atoms with Gasteiger partial charge >= 0.3 is 0 Å².